The molecule has 6 heteroatoms. The molecule has 1 aromatic heterocycles. The van der Waals surface area contributed by atoms with Crippen molar-refractivity contribution in [1.29, 1.82) is 0 Å². The maximum atomic E-state index is 12.4. The normalized spacial score (nSPS) is 19.7. The highest BCUT2D eigenvalue weighted by atomic mass is 16.5. The Labute approximate surface area is 141 Å². The fourth-order valence-electron chi connectivity index (χ4n) is 3.49. The average molecular weight is 326 g/mol. The van der Waals surface area contributed by atoms with Crippen LogP contribution in [0.4, 0.5) is 0 Å². The zero-order valence-electron chi connectivity index (χ0n) is 14.1. The van der Waals surface area contributed by atoms with Crippen molar-refractivity contribution >= 4 is 5.91 Å². The van der Waals surface area contributed by atoms with E-state index >= 15 is 0 Å². The Bertz CT molecular complexity index is 775. The van der Waals surface area contributed by atoms with E-state index in [1.807, 2.05) is 36.1 Å². The minimum Gasteiger partial charge on any atom is -0.467 e. The van der Waals surface area contributed by atoms with Gasteiger partial charge in [-0.3, -0.25) is 14.4 Å². The van der Waals surface area contributed by atoms with Crippen LogP contribution in [0.15, 0.2) is 30.5 Å². The van der Waals surface area contributed by atoms with Crippen molar-refractivity contribution < 1.29 is 9.53 Å². The Morgan fingerprint density at radius 3 is 2.75 bits per heavy atom. The van der Waals surface area contributed by atoms with Crippen LogP contribution >= 0.6 is 0 Å². The van der Waals surface area contributed by atoms with Gasteiger partial charge in [-0.05, 0) is 19.1 Å². The molecule has 2 aliphatic heterocycles. The van der Waals surface area contributed by atoms with Crippen LogP contribution < -0.4 is 10.1 Å². The molecule has 1 amide bonds. The van der Waals surface area contributed by atoms with Gasteiger partial charge >= 0.3 is 0 Å². The molecule has 0 saturated carbocycles. The van der Waals surface area contributed by atoms with Crippen LogP contribution in [0.25, 0.3) is 0 Å². The Balaban J connectivity index is 1.45. The molecular formula is C18H22N4O2. The maximum absolute atomic E-state index is 12.4. The molecule has 0 bridgehead atoms. The molecular weight excluding hydrogens is 304 g/mol. The quantitative estimate of drug-likeness (QED) is 0.915. The van der Waals surface area contributed by atoms with E-state index in [0.717, 1.165) is 32.5 Å². The second-order valence-electron chi connectivity index (χ2n) is 6.70. The third kappa shape index (κ3) is 2.57. The van der Waals surface area contributed by atoms with Crippen LogP contribution in [0.1, 0.15) is 34.5 Å². The molecule has 24 heavy (non-hydrogen) atoms. The minimum atomic E-state index is -0.564. The summed E-state index contributed by atoms with van der Waals surface area (Å²) in [6, 6.07) is 7.45. The van der Waals surface area contributed by atoms with Gasteiger partial charge in [0.1, 0.15) is 5.75 Å². The summed E-state index contributed by atoms with van der Waals surface area (Å²) in [4.78, 5) is 14.8. The molecule has 1 spiro atoms. The Hall–Kier alpha value is -2.34. The molecule has 3 heterocycles. The zero-order chi connectivity index (χ0) is 16.7. The third-order valence-corrected chi connectivity index (χ3v) is 5.17. The Morgan fingerprint density at radius 2 is 2.04 bits per heavy atom. The van der Waals surface area contributed by atoms with Crippen molar-refractivity contribution in [2.75, 3.05) is 13.1 Å². The molecule has 1 N–H and O–H groups in total. The maximum Gasteiger partial charge on any atom is 0.258 e. The van der Waals surface area contributed by atoms with Gasteiger partial charge in [-0.15, -0.1) is 0 Å². The molecule has 0 aliphatic carbocycles. The standard InChI is InChI=1S/C18H22N4O2/c1-13-14(11-19-21(13)2)12-22-9-7-18(8-10-22)20-17(23)15-5-3-4-6-16(15)24-18/h3-6,11H,7-10,12H2,1-2H3,(H,20,23). The molecule has 0 radical (unpaired) electrons. The molecule has 0 unspecified atom stereocenters. The fraction of sp³-hybridized carbons (Fsp3) is 0.444. The first-order valence-electron chi connectivity index (χ1n) is 8.37. The monoisotopic (exact) mass is 326 g/mol. The lowest BCUT2D eigenvalue weighted by Gasteiger charge is -2.44. The number of likely N-dealkylation sites (tertiary alicyclic amines) is 1. The van der Waals surface area contributed by atoms with E-state index in [0.29, 0.717) is 11.3 Å². The fourth-order valence-corrected chi connectivity index (χ4v) is 3.49. The van der Waals surface area contributed by atoms with Crippen LogP contribution in [-0.2, 0) is 13.6 Å². The number of hydrogen-bond donors (Lipinski definition) is 1. The Morgan fingerprint density at radius 1 is 1.29 bits per heavy atom. The minimum absolute atomic E-state index is 0.0339. The van der Waals surface area contributed by atoms with Gasteiger partial charge in [-0.25, -0.2) is 0 Å². The number of benzene rings is 1. The van der Waals surface area contributed by atoms with E-state index in [1.54, 1.807) is 6.07 Å². The largest absolute Gasteiger partial charge is 0.467 e. The number of ether oxygens (including phenoxy) is 1. The first-order valence-corrected chi connectivity index (χ1v) is 8.37. The van der Waals surface area contributed by atoms with Crippen LogP contribution in [0, 0.1) is 6.92 Å². The molecule has 1 saturated heterocycles. The number of carbonyl (C=O) groups is 1. The first kappa shape index (κ1) is 15.2. The number of nitrogens with zero attached hydrogens (tertiary/aromatic N) is 3. The molecule has 0 atom stereocenters. The summed E-state index contributed by atoms with van der Waals surface area (Å²) in [5, 5.41) is 7.39. The number of nitrogens with one attached hydrogen (secondary N) is 1. The van der Waals surface area contributed by atoms with Gasteiger partial charge in [-0.1, -0.05) is 12.1 Å². The molecule has 1 fully saturated rings. The van der Waals surface area contributed by atoms with Crippen LogP contribution in [0.5, 0.6) is 5.75 Å². The summed E-state index contributed by atoms with van der Waals surface area (Å²) in [6.45, 7) is 4.75. The third-order valence-electron chi connectivity index (χ3n) is 5.17. The summed E-state index contributed by atoms with van der Waals surface area (Å²) < 4.78 is 8.09. The lowest BCUT2D eigenvalue weighted by molar-refractivity contribution is -0.0304. The number of amides is 1. The van der Waals surface area contributed by atoms with Gasteiger partial charge in [0, 0.05) is 50.8 Å². The number of fused-ring (bicyclic) bond motifs is 1. The predicted octanol–water partition coefficient (Wildman–Crippen LogP) is 1.84. The average Bonchev–Trinajstić information content (AvgIpc) is 2.89. The lowest BCUT2D eigenvalue weighted by Crippen LogP contribution is -2.60. The van der Waals surface area contributed by atoms with Crippen LogP contribution in [0.3, 0.4) is 0 Å². The number of aryl methyl sites for hydroxylation is 1. The van der Waals surface area contributed by atoms with Gasteiger partial charge in [0.25, 0.3) is 5.91 Å². The highest BCUT2D eigenvalue weighted by Crippen LogP contribution is 2.33. The summed E-state index contributed by atoms with van der Waals surface area (Å²) >= 11 is 0. The summed E-state index contributed by atoms with van der Waals surface area (Å²) in [5.41, 5.74) is 2.52. The van der Waals surface area contributed by atoms with Crippen molar-refractivity contribution in [2.24, 2.45) is 7.05 Å². The van der Waals surface area contributed by atoms with Crippen molar-refractivity contribution in [3.8, 4) is 5.75 Å². The van der Waals surface area contributed by atoms with Crippen molar-refractivity contribution in [1.82, 2.24) is 20.0 Å². The van der Waals surface area contributed by atoms with E-state index in [4.69, 9.17) is 4.74 Å². The van der Waals surface area contributed by atoms with Crippen molar-refractivity contribution in [3.05, 3.63) is 47.3 Å². The number of hydrogen-bond acceptors (Lipinski definition) is 4. The van der Waals surface area contributed by atoms with Crippen LogP contribution in [-0.4, -0.2) is 39.4 Å². The molecule has 4 rings (SSSR count). The number of rotatable bonds is 2. The highest BCUT2D eigenvalue weighted by molar-refractivity contribution is 5.98. The predicted molar refractivity (Wildman–Crippen MR) is 89.7 cm³/mol. The van der Waals surface area contributed by atoms with E-state index in [-0.39, 0.29) is 5.91 Å². The molecule has 1 aromatic carbocycles. The SMILES string of the molecule is Cc1c(CN2CCC3(CC2)NC(=O)c2ccccc2O3)cnn1C. The van der Waals surface area contributed by atoms with E-state index in [9.17, 15) is 4.79 Å². The van der Waals surface area contributed by atoms with Gasteiger partial charge in [0.15, 0.2) is 5.72 Å². The van der Waals surface area contributed by atoms with E-state index < -0.39 is 5.72 Å². The second kappa shape index (κ2) is 5.63. The summed E-state index contributed by atoms with van der Waals surface area (Å²) in [6.07, 6.45) is 3.51. The number of piperidine rings is 1. The molecule has 2 aliphatic rings. The zero-order valence-corrected chi connectivity index (χ0v) is 14.1. The lowest BCUT2D eigenvalue weighted by atomic mass is 9.96. The Kier molecular flexibility index (Phi) is 3.57. The number of carbonyl (C=O) groups excluding carboxylic acids is 1. The number of aromatic nitrogens is 2. The smallest absolute Gasteiger partial charge is 0.258 e. The molecule has 6 nitrogen and oxygen atoms in total. The van der Waals surface area contributed by atoms with Gasteiger partial charge < -0.3 is 10.1 Å². The van der Waals surface area contributed by atoms with Crippen molar-refractivity contribution in [3.63, 3.8) is 0 Å². The topological polar surface area (TPSA) is 59.4 Å². The first-order chi connectivity index (χ1) is 11.6. The van der Waals surface area contributed by atoms with E-state index in [1.165, 1.54) is 11.3 Å². The van der Waals surface area contributed by atoms with Gasteiger partial charge in [-0.2, -0.15) is 5.10 Å². The molecule has 126 valence electrons. The second-order valence-corrected chi connectivity index (χ2v) is 6.70. The summed E-state index contributed by atoms with van der Waals surface area (Å²) in [7, 11) is 1.97. The van der Waals surface area contributed by atoms with Gasteiger partial charge in [0.05, 0.1) is 11.8 Å². The van der Waals surface area contributed by atoms with Gasteiger partial charge in [0.2, 0.25) is 0 Å². The van der Waals surface area contributed by atoms with Crippen LogP contribution in [0.2, 0.25) is 0 Å². The number of para-hydroxylation sites is 1. The summed E-state index contributed by atoms with van der Waals surface area (Å²) in [5.74, 6) is 0.659. The van der Waals surface area contributed by atoms with E-state index in [2.05, 4.69) is 22.2 Å². The van der Waals surface area contributed by atoms with Crippen molar-refractivity contribution in [2.45, 2.75) is 32.0 Å². The molecule has 2 aromatic rings. The highest BCUT2D eigenvalue weighted by Gasteiger charge is 2.42.